The first kappa shape index (κ1) is 12.9. The Balaban J connectivity index is 4.08. The summed E-state index contributed by atoms with van der Waals surface area (Å²) in [5, 5.41) is 8.75. The molecule has 3 nitrogen and oxygen atoms in total. The van der Waals surface area contributed by atoms with E-state index in [0.717, 1.165) is 0 Å². The van der Waals surface area contributed by atoms with Gasteiger partial charge >= 0.3 is 5.97 Å². The highest BCUT2D eigenvalue weighted by Gasteiger charge is 2.29. The molecule has 0 saturated heterocycles. The third-order valence-corrected chi connectivity index (χ3v) is 7.14. The molecule has 1 radical (unpaired) electrons. The Morgan fingerprint density at radius 3 is 2.31 bits per heavy atom. The minimum absolute atomic E-state index is 0.275. The quantitative estimate of drug-likeness (QED) is 0.721. The molecular weight excluding hydrogens is 200 g/mol. The van der Waals surface area contributed by atoms with E-state index in [4.69, 9.17) is 9.22 Å². The molecular formula is C8H19O3Si2. The van der Waals surface area contributed by atoms with Gasteiger partial charge in [-0.15, -0.1) is 0 Å². The van der Waals surface area contributed by atoms with Gasteiger partial charge in [0.05, 0.1) is 5.92 Å². The summed E-state index contributed by atoms with van der Waals surface area (Å²) in [6.45, 7) is 10.1. The van der Waals surface area contributed by atoms with Crippen LogP contribution in [0.15, 0.2) is 0 Å². The molecule has 0 fully saturated rings. The van der Waals surface area contributed by atoms with Gasteiger partial charge in [0, 0.05) is 0 Å². The normalized spacial score (nSPS) is 14.6. The second-order valence-corrected chi connectivity index (χ2v) is 10.8. The second kappa shape index (κ2) is 4.92. The molecule has 5 heteroatoms. The standard InChI is InChI=1S/C8H19O3Si2/c1-7(8(9)10)6-13(4,5)11-12(2)3/h7H,6H2,1-5H3,(H,9,10). The van der Waals surface area contributed by atoms with Gasteiger partial charge < -0.3 is 9.22 Å². The predicted molar refractivity (Wildman–Crippen MR) is 57.7 cm³/mol. The van der Waals surface area contributed by atoms with Crippen molar-refractivity contribution in [1.29, 1.82) is 0 Å². The molecule has 0 aromatic carbocycles. The van der Waals surface area contributed by atoms with Gasteiger partial charge in [-0.25, -0.2) is 0 Å². The van der Waals surface area contributed by atoms with E-state index in [1.54, 1.807) is 6.92 Å². The maximum absolute atomic E-state index is 10.6. The molecule has 0 amide bonds. The highest BCUT2D eigenvalue weighted by Crippen LogP contribution is 2.19. The van der Waals surface area contributed by atoms with E-state index in [-0.39, 0.29) is 5.92 Å². The van der Waals surface area contributed by atoms with E-state index in [2.05, 4.69) is 26.2 Å². The smallest absolute Gasteiger partial charge is 0.306 e. The fraction of sp³-hybridized carbons (Fsp3) is 0.875. The van der Waals surface area contributed by atoms with Crippen LogP contribution in [-0.4, -0.2) is 28.4 Å². The van der Waals surface area contributed by atoms with Gasteiger partial charge in [-0.05, 0) is 32.2 Å². The maximum atomic E-state index is 10.6. The molecule has 0 saturated carbocycles. The van der Waals surface area contributed by atoms with Crippen LogP contribution in [0.2, 0.25) is 32.2 Å². The Hall–Kier alpha value is -0.136. The van der Waals surface area contributed by atoms with Crippen molar-refractivity contribution in [2.24, 2.45) is 5.92 Å². The largest absolute Gasteiger partial charge is 0.481 e. The van der Waals surface area contributed by atoms with Gasteiger partial charge in [0.1, 0.15) is 0 Å². The van der Waals surface area contributed by atoms with E-state index in [1.807, 2.05) is 0 Å². The molecule has 0 aliphatic carbocycles. The minimum atomic E-state index is -1.73. The molecule has 0 spiro atoms. The molecule has 0 aliphatic rings. The third kappa shape index (κ3) is 6.01. The number of hydrogen-bond acceptors (Lipinski definition) is 2. The predicted octanol–water partition coefficient (Wildman–Crippen LogP) is 2.18. The fourth-order valence-corrected chi connectivity index (χ4v) is 7.82. The van der Waals surface area contributed by atoms with Crippen molar-refractivity contribution in [2.45, 2.75) is 39.2 Å². The zero-order valence-electron chi connectivity index (χ0n) is 9.05. The molecule has 0 bridgehead atoms. The lowest BCUT2D eigenvalue weighted by Gasteiger charge is -2.26. The summed E-state index contributed by atoms with van der Waals surface area (Å²) < 4.78 is 5.84. The van der Waals surface area contributed by atoms with Crippen molar-refractivity contribution in [2.75, 3.05) is 0 Å². The fourth-order valence-electron chi connectivity index (χ4n) is 1.42. The summed E-state index contributed by atoms with van der Waals surface area (Å²) in [6.07, 6.45) is 0. The van der Waals surface area contributed by atoms with E-state index in [9.17, 15) is 4.79 Å². The van der Waals surface area contributed by atoms with Crippen LogP contribution >= 0.6 is 0 Å². The van der Waals surface area contributed by atoms with E-state index in [0.29, 0.717) is 6.04 Å². The first-order valence-corrected chi connectivity index (χ1v) is 9.99. The zero-order valence-corrected chi connectivity index (χ0v) is 11.0. The lowest BCUT2D eigenvalue weighted by atomic mass is 10.2. The van der Waals surface area contributed by atoms with Crippen molar-refractivity contribution in [3.63, 3.8) is 0 Å². The summed E-state index contributed by atoms with van der Waals surface area (Å²) >= 11 is 0. The Morgan fingerprint density at radius 1 is 1.54 bits per heavy atom. The van der Waals surface area contributed by atoms with Crippen molar-refractivity contribution < 1.29 is 14.0 Å². The van der Waals surface area contributed by atoms with Crippen LogP contribution in [0.3, 0.4) is 0 Å². The van der Waals surface area contributed by atoms with Gasteiger partial charge in [0.2, 0.25) is 0 Å². The number of rotatable bonds is 5. The van der Waals surface area contributed by atoms with E-state index >= 15 is 0 Å². The Morgan fingerprint density at radius 2 is 2.00 bits per heavy atom. The monoisotopic (exact) mass is 219 g/mol. The average Bonchev–Trinajstić information content (AvgIpc) is 1.81. The molecule has 13 heavy (non-hydrogen) atoms. The summed E-state index contributed by atoms with van der Waals surface area (Å²) in [6, 6.07) is 0.707. The van der Waals surface area contributed by atoms with Gasteiger partial charge in [-0.2, -0.15) is 0 Å². The van der Waals surface area contributed by atoms with E-state index in [1.165, 1.54) is 0 Å². The molecule has 0 rings (SSSR count). The van der Waals surface area contributed by atoms with Crippen LogP contribution in [0.4, 0.5) is 0 Å². The lowest BCUT2D eigenvalue weighted by molar-refractivity contribution is -0.140. The summed E-state index contributed by atoms with van der Waals surface area (Å²) in [5.41, 5.74) is 0. The first-order chi connectivity index (χ1) is 5.74. The molecule has 77 valence electrons. The van der Waals surface area contributed by atoms with Crippen LogP contribution in [0, 0.1) is 5.92 Å². The Labute approximate surface area is 83.0 Å². The van der Waals surface area contributed by atoms with E-state index < -0.39 is 23.3 Å². The van der Waals surface area contributed by atoms with Crippen molar-refractivity contribution >= 4 is 23.3 Å². The van der Waals surface area contributed by atoms with Gasteiger partial charge in [0.15, 0.2) is 17.4 Å². The summed E-state index contributed by atoms with van der Waals surface area (Å²) in [4.78, 5) is 10.6. The SMILES string of the molecule is CC(C[Si](C)(C)O[Si](C)C)C(=O)O. The number of aliphatic carboxylic acids is 1. The molecule has 1 atom stereocenters. The van der Waals surface area contributed by atoms with Gasteiger partial charge in [-0.3, -0.25) is 4.79 Å². The molecule has 0 aromatic rings. The molecule has 1 unspecified atom stereocenters. The van der Waals surface area contributed by atoms with Crippen molar-refractivity contribution in [1.82, 2.24) is 0 Å². The second-order valence-electron chi connectivity index (χ2n) is 4.21. The zero-order chi connectivity index (χ0) is 10.6. The van der Waals surface area contributed by atoms with Crippen LogP contribution in [-0.2, 0) is 8.91 Å². The van der Waals surface area contributed by atoms with Crippen LogP contribution < -0.4 is 0 Å². The topological polar surface area (TPSA) is 46.5 Å². The highest BCUT2D eigenvalue weighted by atomic mass is 28.4. The van der Waals surface area contributed by atoms with Gasteiger partial charge in [0.25, 0.3) is 0 Å². The summed E-state index contributed by atoms with van der Waals surface area (Å²) in [5.74, 6) is -0.992. The van der Waals surface area contributed by atoms with Crippen molar-refractivity contribution in [3.8, 4) is 0 Å². The molecule has 1 N–H and O–H groups in total. The highest BCUT2D eigenvalue weighted by molar-refractivity contribution is 6.77. The molecule has 0 aliphatic heterocycles. The minimum Gasteiger partial charge on any atom is -0.481 e. The number of carbonyl (C=O) groups is 1. The maximum Gasteiger partial charge on any atom is 0.306 e. The van der Waals surface area contributed by atoms with Crippen LogP contribution in [0.5, 0.6) is 0 Å². The Bertz CT molecular complexity index is 180. The first-order valence-electron chi connectivity index (χ1n) is 4.46. The average molecular weight is 219 g/mol. The number of carboxylic acid groups (broad SMARTS) is 1. The van der Waals surface area contributed by atoms with Crippen LogP contribution in [0.25, 0.3) is 0 Å². The molecule has 0 heterocycles. The summed E-state index contributed by atoms with van der Waals surface area (Å²) in [7, 11) is -2.42. The van der Waals surface area contributed by atoms with Crippen LogP contribution in [0.1, 0.15) is 6.92 Å². The lowest BCUT2D eigenvalue weighted by Crippen LogP contribution is -2.38. The van der Waals surface area contributed by atoms with Crippen molar-refractivity contribution in [3.05, 3.63) is 0 Å². The third-order valence-electron chi connectivity index (χ3n) is 1.70. The van der Waals surface area contributed by atoms with Gasteiger partial charge in [-0.1, -0.05) is 6.92 Å². The Kier molecular flexibility index (Phi) is 4.87. The number of hydrogen-bond donors (Lipinski definition) is 1. The molecule has 0 aromatic heterocycles. The number of carboxylic acids is 1.